The number of rotatable bonds is 4. The van der Waals surface area contributed by atoms with E-state index in [9.17, 15) is 5.11 Å². The van der Waals surface area contributed by atoms with Gasteiger partial charge in [0.15, 0.2) is 5.16 Å². The molecule has 0 unspecified atom stereocenters. The first kappa shape index (κ1) is 15.4. The molecule has 122 valence electrons. The highest BCUT2D eigenvalue weighted by Crippen LogP contribution is 2.29. The number of nitrogens with zero attached hydrogens (tertiary/aromatic N) is 4. The van der Waals surface area contributed by atoms with E-state index < -0.39 is 0 Å². The first-order valence-electron chi connectivity index (χ1n) is 7.97. The predicted molar refractivity (Wildman–Crippen MR) is 94.3 cm³/mol. The van der Waals surface area contributed by atoms with Crippen LogP contribution in [0.1, 0.15) is 23.2 Å². The van der Waals surface area contributed by atoms with Crippen LogP contribution in [0.25, 0.3) is 17.2 Å². The van der Waals surface area contributed by atoms with Gasteiger partial charge in [-0.3, -0.25) is 4.57 Å². The van der Waals surface area contributed by atoms with E-state index in [1.54, 1.807) is 12.4 Å². The summed E-state index contributed by atoms with van der Waals surface area (Å²) in [6.45, 7) is -0.0868. The van der Waals surface area contributed by atoms with Crippen LogP contribution in [-0.2, 0) is 19.4 Å². The summed E-state index contributed by atoms with van der Waals surface area (Å²) >= 11 is 1.49. The smallest absolute Gasteiger partial charge is 0.189 e. The van der Waals surface area contributed by atoms with E-state index in [2.05, 4.69) is 33.2 Å². The van der Waals surface area contributed by atoms with Gasteiger partial charge in [-0.25, -0.2) is 15.0 Å². The highest BCUT2D eigenvalue weighted by Gasteiger charge is 2.17. The van der Waals surface area contributed by atoms with Crippen LogP contribution < -0.4 is 0 Å². The lowest BCUT2D eigenvalue weighted by atomic mass is 10.1. The fourth-order valence-corrected chi connectivity index (χ4v) is 3.57. The van der Waals surface area contributed by atoms with E-state index in [-0.39, 0.29) is 6.61 Å². The van der Waals surface area contributed by atoms with Gasteiger partial charge in [0.2, 0.25) is 0 Å². The molecule has 0 amide bonds. The van der Waals surface area contributed by atoms with Gasteiger partial charge in [0.05, 0.1) is 18.5 Å². The zero-order valence-corrected chi connectivity index (χ0v) is 14.3. The molecule has 0 radical (unpaired) electrons. The Labute approximate surface area is 144 Å². The van der Waals surface area contributed by atoms with Crippen LogP contribution in [0.2, 0.25) is 0 Å². The van der Waals surface area contributed by atoms with Gasteiger partial charge in [0, 0.05) is 11.8 Å². The van der Waals surface area contributed by atoms with Gasteiger partial charge in [-0.15, -0.1) is 0 Å². The molecule has 0 saturated carbocycles. The van der Waals surface area contributed by atoms with Crippen LogP contribution in [0.4, 0.5) is 0 Å². The first-order chi connectivity index (χ1) is 11.8. The molecule has 24 heavy (non-hydrogen) atoms. The molecule has 0 aliphatic heterocycles. The molecule has 6 heteroatoms. The Bertz CT molecular complexity index is 890. The molecule has 0 spiro atoms. The summed E-state index contributed by atoms with van der Waals surface area (Å²) in [5.74, 6) is 1.53. The van der Waals surface area contributed by atoms with Crippen molar-refractivity contribution in [2.24, 2.45) is 0 Å². The lowest BCUT2D eigenvalue weighted by molar-refractivity contribution is 0.274. The summed E-state index contributed by atoms with van der Waals surface area (Å²) in [4.78, 5) is 13.3. The molecule has 1 aliphatic carbocycles. The van der Waals surface area contributed by atoms with Crippen molar-refractivity contribution in [2.75, 3.05) is 6.26 Å². The van der Waals surface area contributed by atoms with Crippen LogP contribution >= 0.6 is 11.8 Å². The number of aromatic nitrogens is 4. The average Bonchev–Trinajstić information content (AvgIpc) is 3.27. The van der Waals surface area contributed by atoms with Crippen LogP contribution in [-0.4, -0.2) is 30.9 Å². The lowest BCUT2D eigenvalue weighted by Gasteiger charge is -2.11. The molecule has 2 heterocycles. The Morgan fingerprint density at radius 1 is 1.17 bits per heavy atom. The number of benzene rings is 1. The largest absolute Gasteiger partial charge is 0.390 e. The van der Waals surface area contributed by atoms with Gasteiger partial charge in [-0.1, -0.05) is 23.9 Å². The predicted octanol–water partition coefficient (Wildman–Crippen LogP) is 3.03. The summed E-state index contributed by atoms with van der Waals surface area (Å²) in [7, 11) is 0. The van der Waals surface area contributed by atoms with Crippen LogP contribution in [0, 0.1) is 0 Å². The van der Waals surface area contributed by atoms with Gasteiger partial charge >= 0.3 is 0 Å². The van der Waals surface area contributed by atoms with Crippen molar-refractivity contribution < 1.29 is 5.11 Å². The Kier molecular flexibility index (Phi) is 4.08. The number of aryl methyl sites for hydroxylation is 2. The normalized spacial score (nSPS) is 13.2. The monoisotopic (exact) mass is 338 g/mol. The van der Waals surface area contributed by atoms with Gasteiger partial charge in [-0.05, 0) is 48.8 Å². The highest BCUT2D eigenvalue weighted by molar-refractivity contribution is 7.98. The number of imidazole rings is 1. The van der Waals surface area contributed by atoms with Crippen molar-refractivity contribution in [3.8, 4) is 17.2 Å². The van der Waals surface area contributed by atoms with Gasteiger partial charge < -0.3 is 5.11 Å². The van der Waals surface area contributed by atoms with Crippen LogP contribution in [0.3, 0.4) is 0 Å². The zero-order valence-electron chi connectivity index (χ0n) is 13.4. The molecule has 1 aliphatic rings. The molecule has 1 N–H and O–H groups in total. The van der Waals surface area contributed by atoms with E-state index in [0.29, 0.717) is 5.16 Å². The first-order valence-corrected chi connectivity index (χ1v) is 9.19. The zero-order chi connectivity index (χ0) is 16.5. The maximum Gasteiger partial charge on any atom is 0.189 e. The quantitative estimate of drug-likeness (QED) is 0.585. The Balaban J connectivity index is 1.86. The van der Waals surface area contributed by atoms with Crippen molar-refractivity contribution >= 4 is 11.8 Å². The summed E-state index contributed by atoms with van der Waals surface area (Å²) < 4.78 is 1.91. The van der Waals surface area contributed by atoms with Gasteiger partial charge in [-0.2, -0.15) is 0 Å². The molecular formula is C18H18N4OS. The molecule has 2 aromatic heterocycles. The van der Waals surface area contributed by atoms with Crippen molar-refractivity contribution in [1.29, 1.82) is 0 Å². The van der Waals surface area contributed by atoms with E-state index in [0.717, 1.165) is 35.7 Å². The van der Waals surface area contributed by atoms with E-state index in [4.69, 9.17) is 0 Å². The molecule has 1 aromatic carbocycles. The highest BCUT2D eigenvalue weighted by atomic mass is 32.2. The van der Waals surface area contributed by atoms with Crippen molar-refractivity contribution in [3.63, 3.8) is 0 Å². The summed E-state index contributed by atoms with van der Waals surface area (Å²) in [5, 5.41) is 10.4. The topological polar surface area (TPSA) is 63.8 Å². The third-order valence-corrected chi connectivity index (χ3v) is 4.95. The number of aliphatic hydroxyl groups is 1. The minimum absolute atomic E-state index is 0.0868. The maximum absolute atomic E-state index is 9.71. The molecule has 3 aromatic rings. The summed E-state index contributed by atoms with van der Waals surface area (Å²) in [6, 6.07) is 8.37. The van der Waals surface area contributed by atoms with Gasteiger partial charge in [0.1, 0.15) is 11.6 Å². The second kappa shape index (κ2) is 6.37. The van der Waals surface area contributed by atoms with E-state index in [1.807, 2.05) is 16.9 Å². The minimum Gasteiger partial charge on any atom is -0.390 e. The van der Waals surface area contributed by atoms with Crippen molar-refractivity contribution in [1.82, 2.24) is 19.5 Å². The molecule has 0 bridgehead atoms. The lowest BCUT2D eigenvalue weighted by Crippen LogP contribution is -2.06. The number of thioether (sulfide) groups is 1. The maximum atomic E-state index is 9.71. The second-order valence-electron chi connectivity index (χ2n) is 5.81. The van der Waals surface area contributed by atoms with Crippen molar-refractivity contribution in [2.45, 2.75) is 31.0 Å². The second-order valence-corrected chi connectivity index (χ2v) is 6.58. The van der Waals surface area contributed by atoms with Crippen LogP contribution in [0.15, 0.2) is 41.8 Å². The minimum atomic E-state index is -0.0868. The third-order valence-electron chi connectivity index (χ3n) is 4.38. The molecular weight excluding hydrogens is 320 g/mol. The molecule has 4 rings (SSSR count). The number of fused-ring (bicyclic) bond motifs is 1. The Morgan fingerprint density at radius 2 is 2.04 bits per heavy atom. The fraction of sp³-hybridized carbons (Fsp3) is 0.278. The number of hydrogen-bond acceptors (Lipinski definition) is 5. The van der Waals surface area contributed by atoms with Crippen LogP contribution in [0.5, 0.6) is 0 Å². The van der Waals surface area contributed by atoms with E-state index in [1.165, 1.54) is 29.3 Å². The summed E-state index contributed by atoms with van der Waals surface area (Å²) in [6.07, 6.45) is 8.90. The fourth-order valence-electron chi connectivity index (χ4n) is 3.22. The molecule has 5 nitrogen and oxygen atoms in total. The standard InChI is InChI=1S/C18H18N4OS/c1-24-18-19-8-7-16(21-18)22-15(11-23)10-20-17(22)14-6-5-12-3-2-4-13(12)9-14/h5-10,23H,2-4,11H2,1H3. The molecule has 0 fully saturated rings. The SMILES string of the molecule is CSc1nccc(-n2c(CO)cnc2-c2ccc3c(c2)CCC3)n1. The average molecular weight is 338 g/mol. The van der Waals surface area contributed by atoms with Crippen molar-refractivity contribution in [3.05, 3.63) is 53.5 Å². The Morgan fingerprint density at radius 3 is 2.88 bits per heavy atom. The number of aliphatic hydroxyl groups excluding tert-OH is 1. The molecule has 0 saturated heterocycles. The van der Waals surface area contributed by atoms with Gasteiger partial charge in [0.25, 0.3) is 0 Å². The summed E-state index contributed by atoms with van der Waals surface area (Å²) in [5.41, 5.74) is 4.61. The number of hydrogen-bond donors (Lipinski definition) is 1. The molecule has 0 atom stereocenters. The van der Waals surface area contributed by atoms with E-state index >= 15 is 0 Å². The third kappa shape index (κ3) is 2.61. The Hall–Kier alpha value is -2.18.